The van der Waals surface area contributed by atoms with Gasteiger partial charge in [0.1, 0.15) is 11.3 Å². The predicted molar refractivity (Wildman–Crippen MR) is 163 cm³/mol. The summed E-state index contributed by atoms with van der Waals surface area (Å²) in [6, 6.07) is 33.9. The molecule has 0 atom stereocenters. The quantitative estimate of drug-likeness (QED) is 0.217. The van der Waals surface area contributed by atoms with Gasteiger partial charge in [0.2, 0.25) is 5.88 Å². The molecule has 5 aromatic rings. The van der Waals surface area contributed by atoms with E-state index in [4.69, 9.17) is 9.15 Å². The Kier molecular flexibility index (Phi) is 6.81. The molecule has 1 aliphatic heterocycles. The molecule has 6 rings (SSSR count). The SMILES string of the molecule is CCC(=Cc1oc2ccc(-c3ccccc3)cc2c1CC)C=C1Oc2ccc(-c3ccccc3)cc2N1CC. The summed E-state index contributed by atoms with van der Waals surface area (Å²) in [7, 11) is 0. The average molecular weight is 512 g/mol. The normalized spacial score (nSPS) is 14.2. The van der Waals surface area contributed by atoms with Gasteiger partial charge in [-0.3, -0.25) is 0 Å². The molecule has 1 aliphatic rings. The highest BCUT2D eigenvalue weighted by atomic mass is 16.5. The van der Waals surface area contributed by atoms with Crippen LogP contribution >= 0.6 is 0 Å². The number of fused-ring (bicyclic) bond motifs is 2. The van der Waals surface area contributed by atoms with E-state index in [1.165, 1.54) is 33.2 Å². The summed E-state index contributed by atoms with van der Waals surface area (Å²) >= 11 is 0. The van der Waals surface area contributed by atoms with Crippen molar-refractivity contribution in [1.82, 2.24) is 0 Å². The molecule has 3 nitrogen and oxygen atoms in total. The Morgan fingerprint density at radius 2 is 1.41 bits per heavy atom. The molecule has 4 aromatic carbocycles. The molecular formula is C36H33NO2. The fourth-order valence-electron chi connectivity index (χ4n) is 5.38. The van der Waals surface area contributed by atoms with E-state index in [0.29, 0.717) is 0 Å². The largest absolute Gasteiger partial charge is 0.456 e. The molecule has 0 aliphatic carbocycles. The maximum absolute atomic E-state index is 6.40. The van der Waals surface area contributed by atoms with Gasteiger partial charge < -0.3 is 14.1 Å². The van der Waals surface area contributed by atoms with Gasteiger partial charge in [-0.05, 0) is 77.9 Å². The minimum Gasteiger partial charge on any atom is -0.456 e. The summed E-state index contributed by atoms with van der Waals surface area (Å²) in [6.07, 6.45) is 6.11. The van der Waals surface area contributed by atoms with Crippen molar-refractivity contribution in [2.24, 2.45) is 0 Å². The summed E-state index contributed by atoms with van der Waals surface area (Å²) in [5.41, 5.74) is 9.24. The summed E-state index contributed by atoms with van der Waals surface area (Å²) in [5.74, 6) is 2.67. The molecule has 2 heterocycles. The molecule has 0 spiro atoms. The first kappa shape index (κ1) is 24.8. The number of ether oxygens (including phenoxy) is 1. The predicted octanol–water partition coefficient (Wildman–Crippen LogP) is 9.88. The van der Waals surface area contributed by atoms with Crippen molar-refractivity contribution < 1.29 is 9.15 Å². The zero-order chi connectivity index (χ0) is 26.8. The minimum atomic E-state index is 0.821. The molecule has 0 radical (unpaired) electrons. The fraction of sp³-hybridized carbons (Fsp3) is 0.167. The Hall–Kier alpha value is -4.50. The Bertz CT molecular complexity index is 1680. The van der Waals surface area contributed by atoms with E-state index in [-0.39, 0.29) is 0 Å². The first-order valence-corrected chi connectivity index (χ1v) is 13.9. The van der Waals surface area contributed by atoms with Gasteiger partial charge in [0, 0.05) is 23.6 Å². The van der Waals surface area contributed by atoms with E-state index in [1.54, 1.807) is 0 Å². The highest BCUT2D eigenvalue weighted by Gasteiger charge is 2.26. The minimum absolute atomic E-state index is 0.821. The Balaban J connectivity index is 1.35. The van der Waals surface area contributed by atoms with Crippen molar-refractivity contribution in [3.63, 3.8) is 0 Å². The monoisotopic (exact) mass is 511 g/mol. The van der Waals surface area contributed by atoms with Gasteiger partial charge in [-0.25, -0.2) is 0 Å². The molecule has 0 unspecified atom stereocenters. The third-order valence-electron chi connectivity index (χ3n) is 7.47. The molecule has 1 aromatic heterocycles. The van der Waals surface area contributed by atoms with Crippen LogP contribution in [0.25, 0.3) is 39.3 Å². The maximum atomic E-state index is 6.40. The van der Waals surface area contributed by atoms with Crippen LogP contribution in [0.15, 0.2) is 119 Å². The lowest BCUT2D eigenvalue weighted by atomic mass is 10.0. The van der Waals surface area contributed by atoms with Gasteiger partial charge in [0.25, 0.3) is 0 Å². The fourth-order valence-corrected chi connectivity index (χ4v) is 5.38. The zero-order valence-corrected chi connectivity index (χ0v) is 22.8. The van der Waals surface area contributed by atoms with Crippen LogP contribution in [0.1, 0.15) is 38.5 Å². The molecule has 194 valence electrons. The molecule has 0 bridgehead atoms. The van der Waals surface area contributed by atoms with Gasteiger partial charge in [-0.15, -0.1) is 0 Å². The standard InChI is InChI=1S/C36H33NO2/c1-4-25(21-35-30(5-2)31-23-28(17-19-33(31)38-35)26-13-9-7-10-14-26)22-36-37(6-3)32-24-29(18-20-34(32)39-36)27-15-11-8-12-16-27/h7-24H,4-6H2,1-3H3. The van der Waals surface area contributed by atoms with E-state index < -0.39 is 0 Å². The van der Waals surface area contributed by atoms with Crippen LogP contribution in [0.4, 0.5) is 5.69 Å². The number of aryl methyl sites for hydroxylation is 1. The van der Waals surface area contributed by atoms with Crippen LogP contribution in [0.5, 0.6) is 5.75 Å². The molecule has 0 amide bonds. The van der Waals surface area contributed by atoms with Crippen LogP contribution in [0, 0.1) is 0 Å². The van der Waals surface area contributed by atoms with E-state index in [1.807, 2.05) is 6.07 Å². The van der Waals surface area contributed by atoms with Crippen molar-refractivity contribution in [3.8, 4) is 28.0 Å². The van der Waals surface area contributed by atoms with E-state index in [0.717, 1.165) is 53.6 Å². The first-order valence-electron chi connectivity index (χ1n) is 13.9. The lowest BCUT2D eigenvalue weighted by Crippen LogP contribution is -2.19. The zero-order valence-electron chi connectivity index (χ0n) is 22.8. The topological polar surface area (TPSA) is 25.6 Å². The number of nitrogens with zero attached hydrogens (tertiary/aromatic N) is 1. The summed E-state index contributed by atoms with van der Waals surface area (Å²) < 4.78 is 12.8. The number of anilines is 1. The smallest absolute Gasteiger partial charge is 0.200 e. The van der Waals surface area contributed by atoms with Gasteiger partial charge in [0.05, 0.1) is 5.69 Å². The summed E-state index contributed by atoms with van der Waals surface area (Å²) in [4.78, 5) is 2.25. The van der Waals surface area contributed by atoms with Crippen LogP contribution in [-0.2, 0) is 6.42 Å². The molecule has 0 fully saturated rings. The number of allylic oxidation sites excluding steroid dienone is 2. The van der Waals surface area contributed by atoms with Crippen molar-refractivity contribution in [2.75, 3.05) is 11.4 Å². The van der Waals surface area contributed by atoms with Gasteiger partial charge in [-0.2, -0.15) is 0 Å². The van der Waals surface area contributed by atoms with Crippen LogP contribution in [-0.4, -0.2) is 6.54 Å². The van der Waals surface area contributed by atoms with E-state index in [2.05, 4.69) is 129 Å². The second-order valence-electron chi connectivity index (χ2n) is 9.83. The second kappa shape index (κ2) is 10.7. The third kappa shape index (κ3) is 4.77. The summed E-state index contributed by atoms with van der Waals surface area (Å²) in [5, 5.41) is 1.18. The molecule has 0 saturated heterocycles. The Morgan fingerprint density at radius 3 is 2.05 bits per heavy atom. The molecule has 0 saturated carbocycles. The van der Waals surface area contributed by atoms with Crippen molar-refractivity contribution in [2.45, 2.75) is 33.6 Å². The Morgan fingerprint density at radius 1 is 0.744 bits per heavy atom. The lowest BCUT2D eigenvalue weighted by Gasteiger charge is -2.16. The highest BCUT2D eigenvalue weighted by molar-refractivity contribution is 5.89. The van der Waals surface area contributed by atoms with E-state index in [9.17, 15) is 0 Å². The molecule has 3 heteroatoms. The number of hydrogen-bond acceptors (Lipinski definition) is 3. The van der Waals surface area contributed by atoms with Gasteiger partial charge in [-0.1, -0.05) is 86.6 Å². The van der Waals surface area contributed by atoms with Gasteiger partial charge in [0.15, 0.2) is 5.75 Å². The number of rotatable bonds is 7. The number of hydrogen-bond donors (Lipinski definition) is 0. The second-order valence-corrected chi connectivity index (χ2v) is 9.83. The number of furan rings is 1. The molecule has 39 heavy (non-hydrogen) atoms. The van der Waals surface area contributed by atoms with E-state index >= 15 is 0 Å². The van der Waals surface area contributed by atoms with Crippen LogP contribution in [0.2, 0.25) is 0 Å². The van der Waals surface area contributed by atoms with Crippen molar-refractivity contribution in [3.05, 3.63) is 126 Å². The third-order valence-corrected chi connectivity index (χ3v) is 7.47. The highest BCUT2D eigenvalue weighted by Crippen LogP contribution is 2.42. The van der Waals surface area contributed by atoms with Gasteiger partial charge >= 0.3 is 0 Å². The number of benzene rings is 4. The average Bonchev–Trinajstić information content (AvgIpc) is 3.53. The summed E-state index contributed by atoms with van der Waals surface area (Å²) in [6.45, 7) is 7.36. The van der Waals surface area contributed by atoms with Crippen molar-refractivity contribution >= 4 is 22.7 Å². The van der Waals surface area contributed by atoms with Crippen LogP contribution < -0.4 is 9.64 Å². The lowest BCUT2D eigenvalue weighted by molar-refractivity contribution is 0.439. The first-order chi connectivity index (χ1) is 19.2. The van der Waals surface area contributed by atoms with Crippen molar-refractivity contribution in [1.29, 1.82) is 0 Å². The van der Waals surface area contributed by atoms with Crippen LogP contribution in [0.3, 0.4) is 0 Å². The maximum Gasteiger partial charge on any atom is 0.200 e. The molecule has 0 N–H and O–H groups in total. The Labute approximate surface area is 230 Å². The molecular weight excluding hydrogens is 478 g/mol.